The standard InChI is InChI=1S/C9H13N3O/c10-8-7(6-2-3-6)11-9-12(8)4-1-5-13-9/h6H,1-5,10H2. The normalized spacial score (nSPS) is 20.9. The van der Waals surface area contributed by atoms with E-state index in [2.05, 4.69) is 4.98 Å². The van der Waals surface area contributed by atoms with Gasteiger partial charge in [-0.3, -0.25) is 4.57 Å². The molecular formula is C9H13N3O. The zero-order chi connectivity index (χ0) is 8.84. The van der Waals surface area contributed by atoms with Gasteiger partial charge in [0.05, 0.1) is 12.3 Å². The minimum Gasteiger partial charge on any atom is -0.465 e. The van der Waals surface area contributed by atoms with Gasteiger partial charge >= 0.3 is 0 Å². The van der Waals surface area contributed by atoms with Gasteiger partial charge in [0.15, 0.2) is 0 Å². The molecule has 0 spiro atoms. The second-order valence-corrected chi connectivity index (χ2v) is 3.79. The maximum absolute atomic E-state index is 5.99. The highest BCUT2D eigenvalue weighted by molar-refractivity contribution is 5.44. The molecule has 13 heavy (non-hydrogen) atoms. The zero-order valence-corrected chi connectivity index (χ0v) is 7.49. The predicted molar refractivity (Wildman–Crippen MR) is 48.7 cm³/mol. The summed E-state index contributed by atoms with van der Waals surface area (Å²) >= 11 is 0. The Morgan fingerprint density at radius 2 is 2.31 bits per heavy atom. The third-order valence-electron chi connectivity index (χ3n) is 2.72. The van der Waals surface area contributed by atoms with E-state index in [1.807, 2.05) is 4.57 Å². The Morgan fingerprint density at radius 1 is 1.46 bits per heavy atom. The minimum atomic E-state index is 0.613. The van der Waals surface area contributed by atoms with Crippen LogP contribution in [0.25, 0.3) is 0 Å². The number of nitrogens with two attached hydrogens (primary N) is 1. The van der Waals surface area contributed by atoms with Gasteiger partial charge in [0.25, 0.3) is 6.01 Å². The second-order valence-electron chi connectivity index (χ2n) is 3.79. The maximum Gasteiger partial charge on any atom is 0.298 e. The van der Waals surface area contributed by atoms with Crippen LogP contribution >= 0.6 is 0 Å². The predicted octanol–water partition coefficient (Wildman–Crippen LogP) is 1.13. The van der Waals surface area contributed by atoms with E-state index in [-0.39, 0.29) is 0 Å². The van der Waals surface area contributed by atoms with Crippen LogP contribution in [-0.4, -0.2) is 16.2 Å². The summed E-state index contributed by atoms with van der Waals surface area (Å²) in [5.41, 5.74) is 7.05. The summed E-state index contributed by atoms with van der Waals surface area (Å²) < 4.78 is 7.43. The van der Waals surface area contributed by atoms with Gasteiger partial charge in [-0.15, -0.1) is 0 Å². The van der Waals surface area contributed by atoms with Crippen LogP contribution in [0.5, 0.6) is 6.01 Å². The van der Waals surface area contributed by atoms with Crippen molar-refractivity contribution >= 4 is 5.82 Å². The number of nitrogens with zero attached hydrogens (tertiary/aromatic N) is 2. The molecule has 1 aromatic heterocycles. The van der Waals surface area contributed by atoms with Gasteiger partial charge < -0.3 is 10.5 Å². The molecule has 0 radical (unpaired) electrons. The first kappa shape index (κ1) is 7.24. The van der Waals surface area contributed by atoms with E-state index in [0.717, 1.165) is 37.1 Å². The van der Waals surface area contributed by atoms with Gasteiger partial charge in [-0.05, 0) is 19.3 Å². The lowest BCUT2D eigenvalue weighted by atomic mass is 10.3. The third-order valence-corrected chi connectivity index (χ3v) is 2.72. The average molecular weight is 179 g/mol. The maximum atomic E-state index is 5.99. The first-order valence-corrected chi connectivity index (χ1v) is 4.85. The van der Waals surface area contributed by atoms with E-state index < -0.39 is 0 Å². The lowest BCUT2D eigenvalue weighted by Gasteiger charge is -2.14. The Hall–Kier alpha value is -1.19. The molecule has 2 heterocycles. The van der Waals surface area contributed by atoms with E-state index in [4.69, 9.17) is 10.5 Å². The monoisotopic (exact) mass is 179 g/mol. The highest BCUT2D eigenvalue weighted by Crippen LogP contribution is 2.43. The Labute approximate surface area is 76.7 Å². The largest absolute Gasteiger partial charge is 0.465 e. The SMILES string of the molecule is Nc1c(C2CC2)nc2n1CCCO2. The van der Waals surface area contributed by atoms with E-state index in [1.54, 1.807) is 0 Å². The average Bonchev–Trinajstić information content (AvgIpc) is 2.94. The van der Waals surface area contributed by atoms with Gasteiger partial charge in [-0.1, -0.05) is 0 Å². The van der Waals surface area contributed by atoms with Gasteiger partial charge in [-0.2, -0.15) is 4.98 Å². The number of hydrogen-bond donors (Lipinski definition) is 1. The molecule has 4 heteroatoms. The fourth-order valence-electron chi connectivity index (χ4n) is 1.83. The molecule has 0 atom stereocenters. The summed E-state index contributed by atoms with van der Waals surface area (Å²) in [5, 5.41) is 0. The van der Waals surface area contributed by atoms with Crippen LogP contribution in [0.1, 0.15) is 30.9 Å². The van der Waals surface area contributed by atoms with Crippen molar-refractivity contribution in [2.45, 2.75) is 31.7 Å². The number of hydrogen-bond acceptors (Lipinski definition) is 3. The summed E-state index contributed by atoms with van der Waals surface area (Å²) in [6.07, 6.45) is 3.51. The summed E-state index contributed by atoms with van der Waals surface area (Å²) in [7, 11) is 0. The lowest BCUT2D eigenvalue weighted by Crippen LogP contribution is -2.15. The first-order chi connectivity index (χ1) is 6.36. The summed E-state index contributed by atoms with van der Waals surface area (Å²) in [4.78, 5) is 4.43. The number of rotatable bonds is 1. The molecule has 2 aliphatic rings. The van der Waals surface area contributed by atoms with Crippen molar-refractivity contribution in [1.82, 2.24) is 9.55 Å². The number of anilines is 1. The Balaban J connectivity index is 2.06. The highest BCUT2D eigenvalue weighted by atomic mass is 16.5. The number of aromatic nitrogens is 2. The fourth-order valence-corrected chi connectivity index (χ4v) is 1.83. The smallest absolute Gasteiger partial charge is 0.298 e. The van der Waals surface area contributed by atoms with Gasteiger partial charge in [0.1, 0.15) is 5.82 Å². The van der Waals surface area contributed by atoms with Crippen molar-refractivity contribution in [3.63, 3.8) is 0 Å². The van der Waals surface area contributed by atoms with Gasteiger partial charge in [-0.25, -0.2) is 0 Å². The molecule has 2 N–H and O–H groups in total. The molecule has 1 aliphatic heterocycles. The molecule has 4 nitrogen and oxygen atoms in total. The van der Waals surface area contributed by atoms with E-state index >= 15 is 0 Å². The van der Waals surface area contributed by atoms with Gasteiger partial charge in [0.2, 0.25) is 0 Å². The summed E-state index contributed by atoms with van der Waals surface area (Å²) in [6, 6.07) is 0.727. The summed E-state index contributed by atoms with van der Waals surface area (Å²) in [5.74, 6) is 1.44. The highest BCUT2D eigenvalue weighted by Gasteiger charge is 2.31. The number of imidazole rings is 1. The Bertz CT molecular complexity index is 341. The molecule has 0 aromatic carbocycles. The molecule has 1 aliphatic carbocycles. The van der Waals surface area contributed by atoms with Crippen LogP contribution in [-0.2, 0) is 6.54 Å². The molecule has 1 aromatic rings. The Morgan fingerprint density at radius 3 is 3.00 bits per heavy atom. The molecule has 1 saturated carbocycles. The van der Waals surface area contributed by atoms with Crippen molar-refractivity contribution in [1.29, 1.82) is 0 Å². The molecular weight excluding hydrogens is 166 g/mol. The van der Waals surface area contributed by atoms with Crippen molar-refractivity contribution in [2.75, 3.05) is 12.3 Å². The van der Waals surface area contributed by atoms with Crippen LogP contribution in [0.15, 0.2) is 0 Å². The summed E-state index contributed by atoms with van der Waals surface area (Å²) in [6.45, 7) is 1.74. The minimum absolute atomic E-state index is 0.613. The Kier molecular flexibility index (Phi) is 1.34. The number of ether oxygens (including phenoxy) is 1. The fraction of sp³-hybridized carbons (Fsp3) is 0.667. The van der Waals surface area contributed by atoms with Crippen LogP contribution in [0, 0.1) is 0 Å². The van der Waals surface area contributed by atoms with Crippen LogP contribution in [0.3, 0.4) is 0 Å². The van der Waals surface area contributed by atoms with E-state index in [0.29, 0.717) is 5.92 Å². The van der Waals surface area contributed by atoms with Crippen molar-refractivity contribution in [2.24, 2.45) is 0 Å². The molecule has 70 valence electrons. The molecule has 0 amide bonds. The van der Waals surface area contributed by atoms with Crippen LogP contribution < -0.4 is 10.5 Å². The second kappa shape index (κ2) is 2.40. The van der Waals surface area contributed by atoms with Crippen molar-refractivity contribution in [3.8, 4) is 6.01 Å². The van der Waals surface area contributed by atoms with Gasteiger partial charge in [0, 0.05) is 12.5 Å². The van der Waals surface area contributed by atoms with Crippen molar-refractivity contribution < 1.29 is 4.74 Å². The number of fused-ring (bicyclic) bond motifs is 1. The number of nitrogen functional groups attached to an aromatic ring is 1. The van der Waals surface area contributed by atoms with Crippen LogP contribution in [0.2, 0.25) is 0 Å². The van der Waals surface area contributed by atoms with E-state index in [1.165, 1.54) is 12.8 Å². The first-order valence-electron chi connectivity index (χ1n) is 4.85. The van der Waals surface area contributed by atoms with Crippen molar-refractivity contribution in [3.05, 3.63) is 5.69 Å². The quantitative estimate of drug-likeness (QED) is 0.703. The molecule has 0 saturated heterocycles. The molecule has 0 bridgehead atoms. The molecule has 1 fully saturated rings. The van der Waals surface area contributed by atoms with Crippen LogP contribution in [0.4, 0.5) is 5.82 Å². The molecule has 3 rings (SSSR count). The zero-order valence-electron chi connectivity index (χ0n) is 7.49. The third kappa shape index (κ3) is 1.01. The molecule has 0 unspecified atom stereocenters. The topological polar surface area (TPSA) is 53.1 Å². The lowest BCUT2D eigenvalue weighted by molar-refractivity contribution is 0.232. The van der Waals surface area contributed by atoms with E-state index in [9.17, 15) is 0 Å².